The van der Waals surface area contributed by atoms with Crippen LogP contribution in [0.5, 0.6) is 0 Å². The molecule has 0 bridgehead atoms. The maximum Gasteiger partial charge on any atom is 0.254 e. The smallest absolute Gasteiger partial charge is 0.254 e. The van der Waals surface area contributed by atoms with E-state index in [0.717, 1.165) is 21.1 Å². The average Bonchev–Trinajstić information content (AvgIpc) is 2.35. The summed E-state index contributed by atoms with van der Waals surface area (Å²) < 4.78 is 0.895. The Labute approximate surface area is 124 Å². The zero-order valence-electron chi connectivity index (χ0n) is 11.2. The number of likely N-dealkylation sites (N-methyl/N-ethyl adjacent to an activating group) is 1. The van der Waals surface area contributed by atoms with Crippen LogP contribution in [0.15, 0.2) is 28.7 Å². The molecule has 2 aromatic rings. The van der Waals surface area contributed by atoms with Crippen LogP contribution in [0, 0.1) is 6.92 Å². The molecule has 1 aromatic heterocycles. The fourth-order valence-electron chi connectivity index (χ4n) is 2.02. The topological polar surface area (TPSA) is 76.3 Å². The minimum absolute atomic E-state index is 0.113. The monoisotopic (exact) mass is 335 g/mol. The van der Waals surface area contributed by atoms with Gasteiger partial charge in [0.05, 0.1) is 17.6 Å². The highest BCUT2D eigenvalue weighted by atomic mass is 79.9. The largest absolute Gasteiger partial charge is 0.368 e. The lowest BCUT2D eigenvalue weighted by molar-refractivity contribution is -0.118. The average molecular weight is 336 g/mol. The number of nitrogens with zero attached hydrogens (tertiary/aromatic N) is 2. The van der Waals surface area contributed by atoms with E-state index in [2.05, 4.69) is 20.9 Å². The van der Waals surface area contributed by atoms with Crippen molar-refractivity contribution in [1.82, 2.24) is 9.88 Å². The second-order valence-corrected chi connectivity index (χ2v) is 5.52. The third-order valence-electron chi connectivity index (χ3n) is 2.87. The van der Waals surface area contributed by atoms with Gasteiger partial charge >= 0.3 is 0 Å². The van der Waals surface area contributed by atoms with Crippen molar-refractivity contribution in [2.24, 2.45) is 5.73 Å². The first-order chi connectivity index (χ1) is 9.38. The van der Waals surface area contributed by atoms with Crippen LogP contribution in [0.4, 0.5) is 0 Å². The Morgan fingerprint density at radius 3 is 2.70 bits per heavy atom. The van der Waals surface area contributed by atoms with E-state index >= 15 is 0 Å². The molecule has 6 heteroatoms. The van der Waals surface area contributed by atoms with Crippen LogP contribution in [-0.2, 0) is 4.79 Å². The van der Waals surface area contributed by atoms with Gasteiger partial charge in [-0.2, -0.15) is 0 Å². The van der Waals surface area contributed by atoms with Crippen molar-refractivity contribution < 1.29 is 9.59 Å². The summed E-state index contributed by atoms with van der Waals surface area (Å²) in [5.74, 6) is -0.791. The molecule has 0 aliphatic rings. The van der Waals surface area contributed by atoms with Gasteiger partial charge in [-0.25, -0.2) is 0 Å². The maximum absolute atomic E-state index is 12.4. The minimum Gasteiger partial charge on any atom is -0.368 e. The van der Waals surface area contributed by atoms with Crippen molar-refractivity contribution in [1.29, 1.82) is 0 Å². The number of carbonyl (C=O) groups is 2. The standard InChI is InChI=1S/C14H14BrN3O2/c1-8-5-11(14(20)18(2)7-13(16)19)10-4-3-9(15)6-12(10)17-8/h3-6H,7H2,1-2H3,(H2,16,19). The summed E-state index contributed by atoms with van der Waals surface area (Å²) in [5, 5.41) is 0.750. The normalized spacial score (nSPS) is 10.6. The molecule has 0 saturated heterocycles. The third-order valence-corrected chi connectivity index (χ3v) is 3.36. The Morgan fingerprint density at radius 2 is 2.05 bits per heavy atom. The fraction of sp³-hybridized carbons (Fsp3) is 0.214. The van der Waals surface area contributed by atoms with Gasteiger partial charge in [-0.1, -0.05) is 22.0 Å². The molecule has 104 valence electrons. The zero-order valence-corrected chi connectivity index (χ0v) is 12.8. The lowest BCUT2D eigenvalue weighted by Crippen LogP contribution is -2.35. The van der Waals surface area contributed by atoms with Gasteiger partial charge in [0, 0.05) is 22.6 Å². The van der Waals surface area contributed by atoms with Gasteiger partial charge in [0.15, 0.2) is 0 Å². The predicted molar refractivity (Wildman–Crippen MR) is 80.3 cm³/mol. The van der Waals surface area contributed by atoms with Crippen LogP contribution in [0.25, 0.3) is 10.9 Å². The number of hydrogen-bond donors (Lipinski definition) is 1. The molecule has 20 heavy (non-hydrogen) atoms. The van der Waals surface area contributed by atoms with Crippen molar-refractivity contribution in [2.45, 2.75) is 6.92 Å². The Hall–Kier alpha value is -1.95. The van der Waals surface area contributed by atoms with Crippen LogP contribution in [0.1, 0.15) is 16.1 Å². The highest BCUT2D eigenvalue weighted by Gasteiger charge is 2.17. The Bertz CT molecular complexity index is 695. The molecule has 1 heterocycles. The summed E-state index contributed by atoms with van der Waals surface area (Å²) in [4.78, 5) is 29.1. The van der Waals surface area contributed by atoms with Crippen molar-refractivity contribution >= 4 is 38.6 Å². The minimum atomic E-state index is -0.543. The predicted octanol–water partition coefficient (Wildman–Crippen LogP) is 1.86. The van der Waals surface area contributed by atoms with Crippen molar-refractivity contribution in [3.63, 3.8) is 0 Å². The number of halogens is 1. The molecule has 0 unspecified atom stereocenters. The van der Waals surface area contributed by atoms with Gasteiger partial charge in [0.2, 0.25) is 5.91 Å². The number of fused-ring (bicyclic) bond motifs is 1. The van der Waals surface area contributed by atoms with Crippen LogP contribution < -0.4 is 5.73 Å². The molecule has 0 saturated carbocycles. The first-order valence-electron chi connectivity index (χ1n) is 5.99. The number of primary amides is 1. The SMILES string of the molecule is Cc1cc(C(=O)N(C)CC(N)=O)c2ccc(Br)cc2n1. The van der Waals surface area contributed by atoms with E-state index in [-0.39, 0.29) is 12.5 Å². The molecule has 2 amide bonds. The van der Waals surface area contributed by atoms with Gasteiger partial charge in [-0.3, -0.25) is 14.6 Å². The van der Waals surface area contributed by atoms with E-state index in [1.165, 1.54) is 4.90 Å². The van der Waals surface area contributed by atoms with Gasteiger partial charge in [-0.05, 0) is 25.1 Å². The van der Waals surface area contributed by atoms with Crippen LogP contribution in [0.3, 0.4) is 0 Å². The molecule has 2 N–H and O–H groups in total. The molecule has 0 aliphatic heterocycles. The van der Waals surface area contributed by atoms with Crippen molar-refractivity contribution in [3.05, 3.63) is 40.0 Å². The number of pyridine rings is 1. The first-order valence-corrected chi connectivity index (χ1v) is 6.78. The molecular formula is C14H14BrN3O2. The summed E-state index contributed by atoms with van der Waals surface area (Å²) in [7, 11) is 1.55. The molecule has 2 rings (SSSR count). The van der Waals surface area contributed by atoms with Gasteiger partial charge in [0.25, 0.3) is 5.91 Å². The Kier molecular flexibility index (Phi) is 4.04. The van der Waals surface area contributed by atoms with Gasteiger partial charge in [-0.15, -0.1) is 0 Å². The number of carbonyl (C=O) groups excluding carboxylic acids is 2. The fourth-order valence-corrected chi connectivity index (χ4v) is 2.37. The second kappa shape index (κ2) is 5.58. The number of aromatic nitrogens is 1. The molecule has 1 aromatic carbocycles. The summed E-state index contributed by atoms with van der Waals surface area (Å²) in [6.07, 6.45) is 0. The van der Waals surface area contributed by atoms with Crippen LogP contribution >= 0.6 is 15.9 Å². The summed E-state index contributed by atoms with van der Waals surface area (Å²) in [6, 6.07) is 7.25. The molecule has 0 fully saturated rings. The molecule has 0 spiro atoms. The summed E-state index contributed by atoms with van der Waals surface area (Å²) in [6.45, 7) is 1.71. The molecular weight excluding hydrogens is 322 g/mol. The zero-order chi connectivity index (χ0) is 14.9. The number of nitrogens with two attached hydrogens (primary N) is 1. The number of benzene rings is 1. The van der Waals surface area contributed by atoms with Crippen LogP contribution in [0.2, 0.25) is 0 Å². The molecule has 5 nitrogen and oxygen atoms in total. The second-order valence-electron chi connectivity index (χ2n) is 4.60. The number of aryl methyl sites for hydroxylation is 1. The first kappa shape index (κ1) is 14.5. The van der Waals surface area contributed by atoms with E-state index < -0.39 is 5.91 Å². The number of hydrogen-bond acceptors (Lipinski definition) is 3. The third kappa shape index (κ3) is 2.96. The highest BCUT2D eigenvalue weighted by Crippen LogP contribution is 2.23. The quantitative estimate of drug-likeness (QED) is 0.930. The van der Waals surface area contributed by atoms with E-state index in [0.29, 0.717) is 5.56 Å². The van der Waals surface area contributed by atoms with Gasteiger partial charge in [0.1, 0.15) is 0 Å². The summed E-state index contributed by atoms with van der Waals surface area (Å²) in [5.41, 5.74) is 7.11. The van der Waals surface area contributed by atoms with Gasteiger partial charge < -0.3 is 10.6 Å². The Balaban J connectivity index is 2.53. The number of amides is 2. The lowest BCUT2D eigenvalue weighted by atomic mass is 10.1. The lowest BCUT2D eigenvalue weighted by Gasteiger charge is -2.16. The molecule has 0 atom stereocenters. The molecule has 0 radical (unpaired) electrons. The van der Waals surface area contributed by atoms with Crippen molar-refractivity contribution in [3.8, 4) is 0 Å². The molecule has 0 aliphatic carbocycles. The van der Waals surface area contributed by atoms with E-state index in [1.54, 1.807) is 13.1 Å². The Morgan fingerprint density at radius 1 is 1.35 bits per heavy atom. The van der Waals surface area contributed by atoms with Crippen LogP contribution in [-0.4, -0.2) is 35.3 Å². The number of rotatable bonds is 3. The van der Waals surface area contributed by atoms with E-state index in [4.69, 9.17) is 5.73 Å². The van der Waals surface area contributed by atoms with E-state index in [9.17, 15) is 9.59 Å². The summed E-state index contributed by atoms with van der Waals surface area (Å²) >= 11 is 3.38. The maximum atomic E-state index is 12.4. The van der Waals surface area contributed by atoms with Crippen molar-refractivity contribution in [2.75, 3.05) is 13.6 Å². The highest BCUT2D eigenvalue weighted by molar-refractivity contribution is 9.10. The van der Waals surface area contributed by atoms with E-state index in [1.807, 2.05) is 25.1 Å².